The van der Waals surface area contributed by atoms with Crippen LogP contribution < -0.4 is 0 Å². The Hall–Kier alpha value is -0.760. The number of fused-ring (bicyclic) bond motifs is 1. The lowest BCUT2D eigenvalue weighted by molar-refractivity contribution is 0.760. The van der Waals surface area contributed by atoms with Crippen LogP contribution in [0.25, 0.3) is 0 Å². The topological polar surface area (TPSA) is 12.4 Å². The lowest BCUT2D eigenvalue weighted by Gasteiger charge is -2.08. The van der Waals surface area contributed by atoms with E-state index in [4.69, 9.17) is 0 Å². The van der Waals surface area contributed by atoms with E-state index in [0.29, 0.717) is 0 Å². The number of rotatable bonds is 0. The average molecular weight is 191 g/mol. The summed E-state index contributed by atoms with van der Waals surface area (Å²) in [7, 11) is 0. The third-order valence-corrected chi connectivity index (χ3v) is 2.60. The van der Waals surface area contributed by atoms with Crippen molar-refractivity contribution >= 4 is 24.5 Å². The molecule has 1 aromatic rings. The highest BCUT2D eigenvalue weighted by atomic mass is 32.1. The van der Waals surface area contributed by atoms with Crippen LogP contribution >= 0.6 is 12.6 Å². The fraction of sp³-hybridized carbons (Fsp3) is 0.364. The summed E-state index contributed by atoms with van der Waals surface area (Å²) in [5.41, 5.74) is 2.46. The van der Waals surface area contributed by atoms with Crippen LogP contribution in [0.4, 0.5) is 5.69 Å². The molecule has 2 rings (SSSR count). The zero-order chi connectivity index (χ0) is 9.10. The average Bonchev–Trinajstić information content (AvgIpc) is 2.08. The summed E-state index contributed by atoms with van der Waals surface area (Å²) in [5.74, 6) is 0. The highest BCUT2D eigenvalue weighted by molar-refractivity contribution is 7.80. The third-order valence-electron chi connectivity index (χ3n) is 2.32. The van der Waals surface area contributed by atoms with E-state index in [1.165, 1.54) is 18.4 Å². The minimum atomic E-state index is 1.04. The molecule has 0 fully saturated rings. The molecule has 0 N–H and O–H groups in total. The quantitative estimate of drug-likeness (QED) is 0.603. The first-order chi connectivity index (χ1) is 6.36. The van der Waals surface area contributed by atoms with Gasteiger partial charge in [-0.2, -0.15) is 0 Å². The second-order valence-corrected chi connectivity index (χ2v) is 3.89. The summed E-state index contributed by atoms with van der Waals surface area (Å²) < 4.78 is 0. The molecule has 0 saturated carbocycles. The minimum Gasteiger partial charge on any atom is -0.261 e. The van der Waals surface area contributed by atoms with Crippen LogP contribution in [0.15, 0.2) is 28.1 Å². The molecule has 0 saturated heterocycles. The van der Waals surface area contributed by atoms with Crippen molar-refractivity contribution in [2.45, 2.75) is 30.6 Å². The van der Waals surface area contributed by atoms with E-state index in [9.17, 15) is 0 Å². The van der Waals surface area contributed by atoms with Crippen molar-refractivity contribution in [3.63, 3.8) is 0 Å². The van der Waals surface area contributed by atoms with Crippen LogP contribution in [-0.2, 0) is 6.42 Å². The SMILES string of the molecule is Sc1ccc2c(c1)CCCCC=N2. The maximum atomic E-state index is 4.43. The molecule has 68 valence electrons. The van der Waals surface area contributed by atoms with Crippen LogP contribution in [0.3, 0.4) is 0 Å². The van der Waals surface area contributed by atoms with Crippen molar-refractivity contribution in [3.05, 3.63) is 23.8 Å². The van der Waals surface area contributed by atoms with Gasteiger partial charge in [0.2, 0.25) is 0 Å². The Morgan fingerprint density at radius 1 is 1.23 bits per heavy atom. The number of benzene rings is 1. The van der Waals surface area contributed by atoms with Gasteiger partial charge in [-0.3, -0.25) is 4.99 Å². The molecule has 0 spiro atoms. The van der Waals surface area contributed by atoms with E-state index in [1.807, 2.05) is 12.3 Å². The first-order valence-corrected chi connectivity index (χ1v) is 5.15. The predicted molar refractivity (Wildman–Crippen MR) is 59.4 cm³/mol. The van der Waals surface area contributed by atoms with Gasteiger partial charge in [0.1, 0.15) is 0 Å². The van der Waals surface area contributed by atoms with Crippen molar-refractivity contribution in [1.82, 2.24) is 0 Å². The fourth-order valence-electron chi connectivity index (χ4n) is 1.61. The molecule has 1 nitrogen and oxygen atoms in total. The Labute approximate surface area is 84.3 Å². The van der Waals surface area contributed by atoms with E-state index in [0.717, 1.165) is 23.4 Å². The zero-order valence-corrected chi connectivity index (χ0v) is 8.43. The van der Waals surface area contributed by atoms with Crippen molar-refractivity contribution in [1.29, 1.82) is 0 Å². The molecule has 2 heteroatoms. The Kier molecular flexibility index (Phi) is 2.69. The van der Waals surface area contributed by atoms with Gasteiger partial charge in [-0.05, 0) is 49.4 Å². The zero-order valence-electron chi connectivity index (χ0n) is 7.53. The molecule has 13 heavy (non-hydrogen) atoms. The Balaban J connectivity index is 2.40. The lowest BCUT2D eigenvalue weighted by atomic mass is 10.0. The van der Waals surface area contributed by atoms with Crippen LogP contribution in [0.2, 0.25) is 0 Å². The number of hydrogen-bond donors (Lipinski definition) is 1. The van der Waals surface area contributed by atoms with Crippen molar-refractivity contribution < 1.29 is 0 Å². The van der Waals surface area contributed by atoms with Crippen LogP contribution in [0.1, 0.15) is 24.8 Å². The van der Waals surface area contributed by atoms with Crippen molar-refractivity contribution in [3.8, 4) is 0 Å². The van der Waals surface area contributed by atoms with Crippen LogP contribution in [0, 0.1) is 0 Å². The van der Waals surface area contributed by atoms with Crippen molar-refractivity contribution in [2.75, 3.05) is 0 Å². The summed E-state index contributed by atoms with van der Waals surface area (Å²) in [6, 6.07) is 6.18. The fourth-order valence-corrected chi connectivity index (χ4v) is 1.84. The largest absolute Gasteiger partial charge is 0.261 e. The van der Waals surface area contributed by atoms with Crippen LogP contribution in [0.5, 0.6) is 0 Å². The number of aryl methyl sites for hydroxylation is 1. The second-order valence-electron chi connectivity index (χ2n) is 3.37. The van der Waals surface area contributed by atoms with Crippen LogP contribution in [-0.4, -0.2) is 6.21 Å². The molecule has 0 bridgehead atoms. The van der Waals surface area contributed by atoms with Gasteiger partial charge in [-0.25, -0.2) is 0 Å². The van der Waals surface area contributed by atoms with E-state index in [2.05, 4.69) is 29.8 Å². The Bertz CT molecular complexity index is 331. The monoisotopic (exact) mass is 191 g/mol. The molecule has 0 unspecified atom stereocenters. The van der Waals surface area contributed by atoms with Gasteiger partial charge in [0.05, 0.1) is 5.69 Å². The molecule has 1 aliphatic heterocycles. The molecular formula is C11H13NS. The van der Waals surface area contributed by atoms with E-state index in [-0.39, 0.29) is 0 Å². The standard InChI is InChI=1S/C11H13NS/c13-10-5-6-11-9(8-10)4-2-1-3-7-12-11/h5-8,13H,1-4H2. The smallest absolute Gasteiger partial charge is 0.0658 e. The molecule has 1 aromatic carbocycles. The minimum absolute atomic E-state index is 1.04. The van der Waals surface area contributed by atoms with Gasteiger partial charge in [-0.1, -0.05) is 0 Å². The third kappa shape index (κ3) is 2.13. The van der Waals surface area contributed by atoms with Gasteiger partial charge >= 0.3 is 0 Å². The molecule has 1 aliphatic rings. The molecule has 0 aliphatic carbocycles. The highest BCUT2D eigenvalue weighted by Crippen LogP contribution is 2.25. The Morgan fingerprint density at radius 2 is 2.15 bits per heavy atom. The first kappa shape index (κ1) is 8.82. The highest BCUT2D eigenvalue weighted by Gasteiger charge is 2.03. The maximum Gasteiger partial charge on any atom is 0.0658 e. The van der Waals surface area contributed by atoms with Crippen molar-refractivity contribution in [2.24, 2.45) is 4.99 Å². The summed E-state index contributed by atoms with van der Waals surface area (Å²) in [5, 5.41) is 0. The van der Waals surface area contributed by atoms with E-state index in [1.54, 1.807) is 0 Å². The molecular weight excluding hydrogens is 178 g/mol. The number of thiol groups is 1. The summed E-state index contributed by atoms with van der Waals surface area (Å²) in [6.45, 7) is 0. The first-order valence-electron chi connectivity index (χ1n) is 4.71. The summed E-state index contributed by atoms with van der Waals surface area (Å²) >= 11 is 4.33. The number of hydrogen-bond acceptors (Lipinski definition) is 2. The Morgan fingerprint density at radius 3 is 3.08 bits per heavy atom. The molecule has 0 amide bonds. The van der Waals surface area contributed by atoms with Gasteiger partial charge in [0.15, 0.2) is 0 Å². The summed E-state index contributed by atoms with van der Waals surface area (Å²) in [4.78, 5) is 5.47. The van der Waals surface area contributed by atoms with E-state index < -0.39 is 0 Å². The lowest BCUT2D eigenvalue weighted by Crippen LogP contribution is -1.91. The van der Waals surface area contributed by atoms with Gasteiger partial charge < -0.3 is 0 Å². The predicted octanol–water partition coefficient (Wildman–Crippen LogP) is 3.40. The van der Waals surface area contributed by atoms with Gasteiger partial charge in [0, 0.05) is 11.1 Å². The number of aliphatic imine (C=N–C) groups is 1. The normalized spacial score (nSPS) is 16.1. The molecule has 0 radical (unpaired) electrons. The molecule has 1 heterocycles. The molecule has 0 aromatic heterocycles. The maximum absolute atomic E-state index is 4.43. The van der Waals surface area contributed by atoms with Gasteiger partial charge in [0.25, 0.3) is 0 Å². The number of nitrogens with zero attached hydrogens (tertiary/aromatic N) is 1. The van der Waals surface area contributed by atoms with E-state index >= 15 is 0 Å². The summed E-state index contributed by atoms with van der Waals surface area (Å²) in [6.07, 6.45) is 6.79. The van der Waals surface area contributed by atoms with Gasteiger partial charge in [-0.15, -0.1) is 12.6 Å². The molecule has 0 atom stereocenters. The second kappa shape index (κ2) is 3.97.